The van der Waals surface area contributed by atoms with E-state index in [4.69, 9.17) is 11.6 Å². The molecule has 0 radical (unpaired) electrons. The summed E-state index contributed by atoms with van der Waals surface area (Å²) in [5.74, 6) is -0.327. The fourth-order valence-corrected chi connectivity index (χ4v) is 3.70. The molecule has 0 bridgehead atoms. The Kier molecular flexibility index (Phi) is 5.87. The van der Waals surface area contributed by atoms with Crippen molar-refractivity contribution in [3.05, 3.63) is 58.6 Å². The number of halogens is 1. The predicted molar refractivity (Wildman–Crippen MR) is 101 cm³/mol. The summed E-state index contributed by atoms with van der Waals surface area (Å²) in [4.78, 5) is 12.5. The van der Waals surface area contributed by atoms with Gasteiger partial charge in [0.15, 0.2) is 0 Å². The third-order valence-electron chi connectivity index (χ3n) is 4.04. The highest BCUT2D eigenvalue weighted by atomic mass is 35.5. The summed E-state index contributed by atoms with van der Waals surface area (Å²) in [7, 11) is -2.04. The molecule has 0 heterocycles. The van der Waals surface area contributed by atoms with E-state index in [1.807, 2.05) is 6.92 Å². The topological polar surface area (TPSA) is 66.5 Å². The molecule has 0 saturated heterocycles. The Labute approximate surface area is 153 Å². The van der Waals surface area contributed by atoms with E-state index >= 15 is 0 Å². The highest BCUT2D eigenvalue weighted by Crippen LogP contribution is 2.24. The number of hydrogen-bond acceptors (Lipinski definition) is 3. The number of anilines is 1. The molecule has 0 aliphatic heterocycles. The van der Waals surface area contributed by atoms with Crippen molar-refractivity contribution in [1.82, 2.24) is 4.31 Å². The van der Waals surface area contributed by atoms with E-state index in [0.29, 0.717) is 16.3 Å². The van der Waals surface area contributed by atoms with E-state index in [-0.39, 0.29) is 16.8 Å². The molecule has 0 aliphatic carbocycles. The van der Waals surface area contributed by atoms with Crippen molar-refractivity contribution in [2.24, 2.45) is 0 Å². The van der Waals surface area contributed by atoms with Gasteiger partial charge in [0.25, 0.3) is 5.91 Å². The van der Waals surface area contributed by atoms with Crippen LogP contribution in [0.25, 0.3) is 0 Å². The summed E-state index contributed by atoms with van der Waals surface area (Å²) in [6, 6.07) is 11.0. The second-order valence-corrected chi connectivity index (χ2v) is 8.41. The third-order valence-corrected chi connectivity index (χ3v) is 6.49. The van der Waals surface area contributed by atoms with Crippen LogP contribution in [0, 0.1) is 6.92 Å². The molecule has 0 saturated carbocycles. The van der Waals surface area contributed by atoms with Crippen LogP contribution in [0.3, 0.4) is 0 Å². The van der Waals surface area contributed by atoms with Gasteiger partial charge in [-0.2, -0.15) is 4.31 Å². The molecule has 2 rings (SSSR count). The van der Waals surface area contributed by atoms with Gasteiger partial charge in [-0.3, -0.25) is 4.79 Å². The number of benzene rings is 2. The van der Waals surface area contributed by atoms with Crippen molar-refractivity contribution < 1.29 is 13.2 Å². The van der Waals surface area contributed by atoms with E-state index in [2.05, 4.69) is 5.32 Å². The second kappa shape index (κ2) is 7.56. The summed E-state index contributed by atoms with van der Waals surface area (Å²) in [5.41, 5.74) is 1.76. The average molecular weight is 381 g/mol. The molecule has 0 aromatic heterocycles. The number of hydrogen-bond donors (Lipinski definition) is 1. The minimum atomic E-state index is -3.57. The lowest BCUT2D eigenvalue weighted by molar-refractivity contribution is 0.102. The second-order valence-electron chi connectivity index (χ2n) is 6.01. The van der Waals surface area contributed by atoms with Gasteiger partial charge >= 0.3 is 0 Å². The maximum atomic E-state index is 12.4. The van der Waals surface area contributed by atoms with Crippen LogP contribution in [0.15, 0.2) is 47.4 Å². The Morgan fingerprint density at radius 1 is 1.12 bits per heavy atom. The minimum absolute atomic E-state index is 0.152. The molecule has 2 aromatic carbocycles. The largest absolute Gasteiger partial charge is 0.322 e. The number of nitrogens with zero attached hydrogens (tertiary/aromatic N) is 1. The Bertz CT molecular complexity index is 878. The molecule has 0 fully saturated rings. The van der Waals surface area contributed by atoms with Crippen LogP contribution in [0.2, 0.25) is 5.02 Å². The number of rotatable bonds is 5. The first-order valence-electron chi connectivity index (χ1n) is 7.79. The van der Waals surface area contributed by atoms with E-state index in [1.54, 1.807) is 32.0 Å². The standard InChI is InChI=1S/C18H21ClN2O3S/c1-12(2)21(4)25(23,24)15-10-8-14(9-11-15)18(22)20-17-7-5-6-16(19)13(17)3/h5-12H,1-4H3,(H,20,22). The number of carbonyl (C=O) groups is 1. The number of nitrogens with one attached hydrogen (secondary N) is 1. The molecule has 134 valence electrons. The van der Waals surface area contributed by atoms with Crippen LogP contribution in [-0.2, 0) is 10.0 Å². The van der Waals surface area contributed by atoms with Gasteiger partial charge < -0.3 is 5.32 Å². The molecule has 5 nitrogen and oxygen atoms in total. The molecule has 0 spiro atoms. The Morgan fingerprint density at radius 2 is 1.72 bits per heavy atom. The number of carbonyl (C=O) groups excluding carboxylic acids is 1. The Morgan fingerprint density at radius 3 is 2.28 bits per heavy atom. The molecule has 25 heavy (non-hydrogen) atoms. The summed E-state index contributed by atoms with van der Waals surface area (Å²) >= 11 is 6.05. The van der Waals surface area contributed by atoms with Crippen molar-refractivity contribution in [1.29, 1.82) is 0 Å². The van der Waals surface area contributed by atoms with E-state index in [1.165, 1.54) is 35.6 Å². The van der Waals surface area contributed by atoms with Gasteiger partial charge in [0.1, 0.15) is 0 Å². The van der Waals surface area contributed by atoms with Gasteiger partial charge in [0.2, 0.25) is 10.0 Å². The molecule has 1 amide bonds. The van der Waals surface area contributed by atoms with Crippen LogP contribution >= 0.6 is 11.6 Å². The van der Waals surface area contributed by atoms with Crippen LogP contribution in [0.4, 0.5) is 5.69 Å². The summed E-state index contributed by atoms with van der Waals surface area (Å²) in [6.07, 6.45) is 0. The number of amides is 1. The first-order valence-corrected chi connectivity index (χ1v) is 9.61. The lowest BCUT2D eigenvalue weighted by Crippen LogP contribution is -2.33. The normalized spacial score (nSPS) is 11.8. The van der Waals surface area contributed by atoms with Gasteiger partial charge in [-0.15, -0.1) is 0 Å². The Hall–Kier alpha value is -1.89. The molecule has 0 aliphatic rings. The monoisotopic (exact) mass is 380 g/mol. The lowest BCUT2D eigenvalue weighted by Gasteiger charge is -2.21. The first kappa shape index (κ1) is 19.4. The van der Waals surface area contributed by atoms with Crippen molar-refractivity contribution in [3.63, 3.8) is 0 Å². The zero-order chi connectivity index (χ0) is 18.8. The maximum Gasteiger partial charge on any atom is 0.255 e. The van der Waals surface area contributed by atoms with E-state index in [9.17, 15) is 13.2 Å². The van der Waals surface area contributed by atoms with Crippen molar-refractivity contribution in [3.8, 4) is 0 Å². The molecule has 7 heteroatoms. The quantitative estimate of drug-likeness (QED) is 0.854. The van der Waals surface area contributed by atoms with Crippen molar-refractivity contribution in [2.75, 3.05) is 12.4 Å². The van der Waals surface area contributed by atoms with Gasteiger partial charge in [-0.1, -0.05) is 17.7 Å². The lowest BCUT2D eigenvalue weighted by atomic mass is 10.1. The molecule has 2 aromatic rings. The van der Waals surface area contributed by atoms with E-state index < -0.39 is 10.0 Å². The minimum Gasteiger partial charge on any atom is -0.322 e. The average Bonchev–Trinajstić information content (AvgIpc) is 2.58. The van der Waals surface area contributed by atoms with Gasteiger partial charge in [-0.25, -0.2) is 8.42 Å². The Balaban J connectivity index is 2.22. The smallest absolute Gasteiger partial charge is 0.255 e. The first-order chi connectivity index (χ1) is 11.6. The molecule has 0 atom stereocenters. The molecule has 1 N–H and O–H groups in total. The molecule has 0 unspecified atom stereocenters. The van der Waals surface area contributed by atoms with Crippen LogP contribution in [-0.4, -0.2) is 31.7 Å². The fraction of sp³-hybridized carbons (Fsp3) is 0.278. The zero-order valence-corrected chi connectivity index (χ0v) is 16.1. The van der Waals surface area contributed by atoms with Crippen molar-refractivity contribution >= 4 is 33.2 Å². The molecular weight excluding hydrogens is 360 g/mol. The van der Waals surface area contributed by atoms with Gasteiger partial charge in [0, 0.05) is 29.4 Å². The number of sulfonamides is 1. The highest BCUT2D eigenvalue weighted by Gasteiger charge is 2.23. The van der Waals surface area contributed by atoms with Gasteiger partial charge in [0.05, 0.1) is 4.90 Å². The predicted octanol–water partition coefficient (Wildman–Crippen LogP) is 3.93. The third kappa shape index (κ3) is 4.21. The zero-order valence-electron chi connectivity index (χ0n) is 14.6. The van der Waals surface area contributed by atoms with Crippen molar-refractivity contribution in [2.45, 2.75) is 31.7 Å². The summed E-state index contributed by atoms with van der Waals surface area (Å²) in [5, 5.41) is 3.35. The van der Waals surface area contributed by atoms with Crippen LogP contribution in [0.5, 0.6) is 0 Å². The van der Waals surface area contributed by atoms with Gasteiger partial charge in [-0.05, 0) is 62.7 Å². The van der Waals surface area contributed by atoms with Crippen LogP contribution in [0.1, 0.15) is 29.8 Å². The maximum absolute atomic E-state index is 12.4. The fourth-order valence-electron chi connectivity index (χ4n) is 2.16. The SMILES string of the molecule is Cc1c(Cl)cccc1NC(=O)c1ccc(S(=O)(=O)N(C)C(C)C)cc1. The highest BCUT2D eigenvalue weighted by molar-refractivity contribution is 7.89. The molecular formula is C18H21ClN2O3S. The summed E-state index contributed by atoms with van der Waals surface area (Å²) < 4.78 is 26.2. The van der Waals surface area contributed by atoms with Crippen LogP contribution < -0.4 is 5.32 Å². The van der Waals surface area contributed by atoms with E-state index in [0.717, 1.165) is 5.56 Å². The summed E-state index contributed by atoms with van der Waals surface area (Å²) in [6.45, 7) is 5.41.